The van der Waals surface area contributed by atoms with E-state index in [1.807, 2.05) is 157 Å². The van der Waals surface area contributed by atoms with E-state index in [-0.39, 0.29) is 0 Å². The van der Waals surface area contributed by atoms with Crippen LogP contribution in [-0.4, -0.2) is 54.0 Å². The van der Waals surface area contributed by atoms with Crippen LogP contribution in [0.3, 0.4) is 0 Å². The Balaban J connectivity index is 0.000000120. The number of rotatable bonds is 11. The second kappa shape index (κ2) is 29.7. The Hall–Kier alpha value is -9.98. The Bertz CT molecular complexity index is 4820. The molecule has 19 heteroatoms. The van der Waals surface area contributed by atoms with Crippen LogP contribution < -0.4 is 33.4 Å². The number of aromatic nitrogens is 10. The van der Waals surface area contributed by atoms with E-state index in [0.29, 0.717) is 37.7 Å². The molecular formula is C75H72Cl3N15O. The third kappa shape index (κ3) is 14.6. The maximum Gasteiger partial charge on any atom is 0.136 e. The summed E-state index contributed by atoms with van der Waals surface area (Å²) in [5.41, 5.74) is 55.2. The molecular weight excluding hydrogens is 1230 g/mol. The van der Waals surface area contributed by atoms with Crippen LogP contribution in [0.5, 0.6) is 5.75 Å². The SMILES string of the molecule is COc1cc(Cl)ccc1-c1cn2ccnc2cc1CN.Cc1cc(Cl)ccc1-c1cn2ccnc2cc1CN.Cc1ccc(-c2cn3ccnc3cc2CN)c(C)c1.Cc1ccc(-c2cn3ccnc3cc2CN)c(Cl)c1.NCc1cc2nccn2cc1-c1ccccc1. The first-order chi connectivity index (χ1) is 45.7. The molecule has 10 aromatic heterocycles. The number of fused-ring (bicyclic) bond motifs is 5. The summed E-state index contributed by atoms with van der Waals surface area (Å²) in [5, 5.41) is 2.14. The minimum Gasteiger partial charge on any atom is -0.496 e. The van der Waals surface area contributed by atoms with Gasteiger partial charge in [0.2, 0.25) is 0 Å². The second-order valence-electron chi connectivity index (χ2n) is 22.5. The van der Waals surface area contributed by atoms with Crippen molar-refractivity contribution in [2.45, 2.75) is 60.4 Å². The first-order valence-corrected chi connectivity index (χ1v) is 31.6. The van der Waals surface area contributed by atoms with E-state index in [0.717, 1.165) is 116 Å². The summed E-state index contributed by atoms with van der Waals surface area (Å²) >= 11 is 18.4. The predicted octanol–water partition coefficient (Wildman–Crippen LogP) is 15.5. The summed E-state index contributed by atoms with van der Waals surface area (Å²) < 4.78 is 15.4. The lowest BCUT2D eigenvalue weighted by Crippen LogP contribution is -2.02. The summed E-state index contributed by atoms with van der Waals surface area (Å²) in [5.74, 6) is 0.728. The van der Waals surface area contributed by atoms with Gasteiger partial charge in [-0.3, -0.25) is 0 Å². The lowest BCUT2D eigenvalue weighted by Gasteiger charge is -2.13. The molecule has 15 aromatic rings. The van der Waals surface area contributed by atoms with Crippen molar-refractivity contribution in [2.24, 2.45) is 28.7 Å². The summed E-state index contributed by atoms with van der Waals surface area (Å²) in [7, 11) is 1.63. The predicted molar refractivity (Wildman–Crippen MR) is 383 cm³/mol. The number of imidazole rings is 5. The van der Waals surface area contributed by atoms with Gasteiger partial charge in [-0.25, -0.2) is 24.9 Å². The Morgan fingerprint density at radius 2 is 0.670 bits per heavy atom. The molecule has 0 amide bonds. The topological polar surface area (TPSA) is 226 Å². The molecule has 0 saturated carbocycles. The average Bonchev–Trinajstić information content (AvgIpc) is 1.39. The standard InChI is InChI=1S/C16H17N3.C15H14ClN3O.2C15H14ClN3.C14H13N3/c1-11-3-4-14(12(2)7-11)15-10-19-6-5-18-16(19)8-13(15)9-17;1-20-14-7-11(16)2-3-12(14)13-9-19-5-4-18-15(19)6-10(13)8-17;1-10-6-12(16)2-3-13(10)14-9-19-5-4-18-15(19)7-11(14)8-17;1-10-2-3-12(14(16)6-10)13-9-19-5-4-18-15(19)7-11(13)8-17;15-9-12-8-14-16-6-7-17(14)10-13(12)11-4-2-1-3-5-11/h3-8,10H,9,17H2,1-2H3;2-7,9H,8,17H2,1H3;2*2-7,9H,8,17H2,1H3;1-8,10H,9,15H2. The summed E-state index contributed by atoms with van der Waals surface area (Å²) in [6, 6.07) is 44.5. The van der Waals surface area contributed by atoms with E-state index in [1.165, 1.54) is 33.4 Å². The zero-order chi connectivity index (χ0) is 66.0. The third-order valence-electron chi connectivity index (χ3n) is 16.3. The lowest BCUT2D eigenvalue weighted by molar-refractivity contribution is 0.416. The number of aryl methyl sites for hydroxylation is 4. The fourth-order valence-electron chi connectivity index (χ4n) is 11.5. The molecule has 94 heavy (non-hydrogen) atoms. The number of pyridine rings is 5. The Morgan fingerprint density at radius 1 is 0.340 bits per heavy atom. The molecule has 16 nitrogen and oxygen atoms in total. The molecule has 0 saturated heterocycles. The summed E-state index contributed by atoms with van der Waals surface area (Å²) in [6.45, 7) is 10.8. The molecule has 0 fully saturated rings. The van der Waals surface area contributed by atoms with Gasteiger partial charge in [0.25, 0.3) is 0 Å². The number of hydrogen-bond donors (Lipinski definition) is 5. The smallest absolute Gasteiger partial charge is 0.136 e. The molecule has 0 radical (unpaired) electrons. The average molecular weight is 1310 g/mol. The van der Waals surface area contributed by atoms with Gasteiger partial charge in [-0.2, -0.15) is 0 Å². The molecule has 0 unspecified atom stereocenters. The van der Waals surface area contributed by atoms with Crippen LogP contribution in [0.15, 0.2) is 226 Å². The number of hydrogen-bond acceptors (Lipinski definition) is 11. The van der Waals surface area contributed by atoms with Gasteiger partial charge < -0.3 is 55.4 Å². The van der Waals surface area contributed by atoms with Crippen LogP contribution in [0.4, 0.5) is 0 Å². The van der Waals surface area contributed by atoms with Gasteiger partial charge in [0.15, 0.2) is 0 Å². The van der Waals surface area contributed by atoms with Crippen LogP contribution >= 0.6 is 34.8 Å². The van der Waals surface area contributed by atoms with E-state index >= 15 is 0 Å². The monoisotopic (exact) mass is 1300 g/mol. The highest BCUT2D eigenvalue weighted by Gasteiger charge is 2.16. The number of nitrogens with two attached hydrogens (primary N) is 5. The number of benzene rings is 5. The van der Waals surface area contributed by atoms with Crippen molar-refractivity contribution >= 4 is 63.0 Å². The van der Waals surface area contributed by atoms with Gasteiger partial charge in [-0.15, -0.1) is 0 Å². The first kappa shape index (κ1) is 65.5. The van der Waals surface area contributed by atoms with Gasteiger partial charge in [0, 0.05) is 180 Å². The highest BCUT2D eigenvalue weighted by Crippen LogP contribution is 2.37. The summed E-state index contributed by atoms with van der Waals surface area (Å²) in [6.07, 6.45) is 28.9. The first-order valence-electron chi connectivity index (χ1n) is 30.5. The molecule has 0 aliphatic rings. The van der Waals surface area contributed by atoms with E-state index < -0.39 is 0 Å². The maximum absolute atomic E-state index is 6.35. The highest BCUT2D eigenvalue weighted by atomic mass is 35.5. The fourth-order valence-corrected chi connectivity index (χ4v) is 12.2. The Labute approximate surface area is 560 Å². The zero-order valence-electron chi connectivity index (χ0n) is 52.8. The van der Waals surface area contributed by atoms with Crippen LogP contribution in [0.1, 0.15) is 50.1 Å². The van der Waals surface area contributed by atoms with Crippen LogP contribution in [0.25, 0.3) is 83.9 Å². The van der Waals surface area contributed by atoms with Crippen molar-refractivity contribution in [3.8, 4) is 61.4 Å². The van der Waals surface area contributed by atoms with Crippen molar-refractivity contribution in [1.82, 2.24) is 46.9 Å². The molecule has 0 spiro atoms. The van der Waals surface area contributed by atoms with Crippen LogP contribution in [0.2, 0.25) is 15.1 Å². The lowest BCUT2D eigenvalue weighted by atomic mass is 9.96. The van der Waals surface area contributed by atoms with Gasteiger partial charge in [-0.05, 0) is 156 Å². The van der Waals surface area contributed by atoms with Gasteiger partial charge in [0.1, 0.15) is 34.0 Å². The zero-order valence-corrected chi connectivity index (χ0v) is 55.1. The number of halogens is 3. The molecule has 474 valence electrons. The molecule has 0 bridgehead atoms. The molecule has 0 aliphatic heterocycles. The molecule has 10 N–H and O–H groups in total. The number of ether oxygens (including phenoxy) is 1. The quantitative estimate of drug-likeness (QED) is 0.0818. The van der Waals surface area contributed by atoms with E-state index in [1.54, 1.807) is 44.2 Å². The van der Waals surface area contributed by atoms with Crippen molar-refractivity contribution in [3.63, 3.8) is 0 Å². The van der Waals surface area contributed by atoms with Gasteiger partial charge >= 0.3 is 0 Å². The molecule has 15 rings (SSSR count). The minimum absolute atomic E-state index is 0.435. The van der Waals surface area contributed by atoms with Crippen molar-refractivity contribution in [1.29, 1.82) is 0 Å². The molecule has 5 aromatic carbocycles. The molecule has 0 aliphatic carbocycles. The summed E-state index contributed by atoms with van der Waals surface area (Å²) in [4.78, 5) is 21.4. The largest absolute Gasteiger partial charge is 0.496 e. The highest BCUT2D eigenvalue weighted by molar-refractivity contribution is 6.33. The van der Waals surface area contributed by atoms with Crippen LogP contribution in [-0.2, 0) is 32.7 Å². The second-order valence-corrected chi connectivity index (χ2v) is 23.8. The van der Waals surface area contributed by atoms with Gasteiger partial charge in [0.05, 0.1) is 7.11 Å². The number of methoxy groups -OCH3 is 1. The Morgan fingerprint density at radius 3 is 1.05 bits per heavy atom. The van der Waals surface area contributed by atoms with Crippen molar-refractivity contribution in [3.05, 3.63) is 292 Å². The van der Waals surface area contributed by atoms with Gasteiger partial charge in [-0.1, -0.05) is 107 Å². The van der Waals surface area contributed by atoms with Crippen molar-refractivity contribution < 1.29 is 4.74 Å². The normalized spacial score (nSPS) is 11.0. The van der Waals surface area contributed by atoms with Crippen molar-refractivity contribution in [2.75, 3.05) is 7.11 Å². The maximum atomic E-state index is 6.35. The van der Waals surface area contributed by atoms with E-state index in [4.69, 9.17) is 68.2 Å². The minimum atomic E-state index is 0.435. The number of nitrogens with zero attached hydrogens (tertiary/aromatic N) is 10. The Kier molecular flexibility index (Phi) is 20.7. The van der Waals surface area contributed by atoms with Crippen LogP contribution in [0, 0.1) is 27.7 Å². The van der Waals surface area contributed by atoms with E-state index in [2.05, 4.69) is 107 Å². The van der Waals surface area contributed by atoms with E-state index in [9.17, 15) is 0 Å². The molecule has 10 heterocycles. The molecule has 0 atom stereocenters. The fraction of sp³-hybridized carbons (Fsp3) is 0.133. The third-order valence-corrected chi connectivity index (χ3v) is 17.1.